The number of halogens is 2. The molecule has 0 saturated carbocycles. The van der Waals surface area contributed by atoms with Gasteiger partial charge in [0.2, 0.25) is 10.0 Å². The molecule has 7 nitrogen and oxygen atoms in total. The second-order valence-corrected chi connectivity index (χ2v) is 9.22. The summed E-state index contributed by atoms with van der Waals surface area (Å²) in [4.78, 5) is 23.7. The van der Waals surface area contributed by atoms with Crippen LogP contribution in [0.4, 0.5) is 0 Å². The highest BCUT2D eigenvalue weighted by atomic mass is 35.5. The second-order valence-electron chi connectivity index (χ2n) is 6.70. The Kier molecular flexibility index (Phi) is 7.62. The van der Waals surface area contributed by atoms with E-state index >= 15 is 0 Å². The number of aliphatic hydroxyl groups excluding tert-OH is 1. The molecule has 0 aliphatic carbocycles. The van der Waals surface area contributed by atoms with E-state index in [4.69, 9.17) is 27.9 Å². The van der Waals surface area contributed by atoms with Gasteiger partial charge in [0.05, 0.1) is 21.0 Å². The highest BCUT2D eigenvalue weighted by Gasteiger charge is 2.32. The lowest BCUT2D eigenvalue weighted by Crippen LogP contribution is -2.49. The van der Waals surface area contributed by atoms with Crippen LogP contribution < -0.4 is 4.72 Å². The van der Waals surface area contributed by atoms with Crippen molar-refractivity contribution >= 4 is 45.0 Å². The van der Waals surface area contributed by atoms with Crippen LogP contribution in [-0.2, 0) is 24.3 Å². The summed E-state index contributed by atoms with van der Waals surface area (Å²) in [5.41, 5.74) is -0.722. The fourth-order valence-electron chi connectivity index (χ4n) is 1.67. The Hall–Kier alpha value is -1.19. The third-order valence-electron chi connectivity index (χ3n) is 3.40. The number of Topliss-reactive ketones (excluding diaryl/α,β-unsaturated/α-hetero) is 1. The first-order valence-corrected chi connectivity index (χ1v) is 9.85. The van der Waals surface area contributed by atoms with Gasteiger partial charge in [-0.1, -0.05) is 44.0 Å². The molecule has 0 fully saturated rings. The number of hydrogen-bond donors (Lipinski definition) is 2. The minimum Gasteiger partial charge on any atom is -0.456 e. The van der Waals surface area contributed by atoms with E-state index < -0.39 is 40.2 Å². The summed E-state index contributed by atoms with van der Waals surface area (Å²) in [6.45, 7) is 5.65. The lowest BCUT2D eigenvalue weighted by Gasteiger charge is -2.21. The summed E-state index contributed by atoms with van der Waals surface area (Å²) < 4.78 is 31.7. The number of hydrogen-bond acceptors (Lipinski definition) is 6. The number of sulfonamides is 1. The van der Waals surface area contributed by atoms with Gasteiger partial charge < -0.3 is 9.84 Å². The van der Waals surface area contributed by atoms with Gasteiger partial charge in [-0.25, -0.2) is 8.42 Å². The van der Waals surface area contributed by atoms with Crippen molar-refractivity contribution in [3.05, 3.63) is 28.2 Å². The largest absolute Gasteiger partial charge is 0.456 e. The molecule has 0 aliphatic rings. The van der Waals surface area contributed by atoms with Gasteiger partial charge in [0.15, 0.2) is 12.4 Å². The molecule has 0 saturated heterocycles. The third-order valence-corrected chi connectivity index (χ3v) is 5.58. The highest BCUT2D eigenvalue weighted by Crippen LogP contribution is 2.25. The molecular formula is C16H21Cl2NO6S. The summed E-state index contributed by atoms with van der Waals surface area (Å²) in [5, 5.41) is 9.94. The van der Waals surface area contributed by atoms with Crippen molar-refractivity contribution in [2.75, 3.05) is 6.61 Å². The predicted molar refractivity (Wildman–Crippen MR) is 97.7 cm³/mol. The molecule has 0 radical (unpaired) electrons. The van der Waals surface area contributed by atoms with E-state index in [0.29, 0.717) is 0 Å². The van der Waals surface area contributed by atoms with Crippen molar-refractivity contribution in [3.8, 4) is 0 Å². The summed E-state index contributed by atoms with van der Waals surface area (Å²) in [6, 6.07) is 2.00. The number of carbonyl (C=O) groups is 2. The zero-order chi connectivity index (χ0) is 20.3. The summed E-state index contributed by atoms with van der Waals surface area (Å²) >= 11 is 11.6. The number of rotatable bonds is 7. The van der Waals surface area contributed by atoms with Crippen LogP contribution in [0.15, 0.2) is 23.1 Å². The van der Waals surface area contributed by atoms with Crippen LogP contribution in [0, 0.1) is 5.41 Å². The van der Waals surface area contributed by atoms with Crippen molar-refractivity contribution in [2.45, 2.75) is 44.7 Å². The van der Waals surface area contributed by atoms with Crippen LogP contribution in [0.2, 0.25) is 10.0 Å². The summed E-state index contributed by atoms with van der Waals surface area (Å²) in [7, 11) is -4.19. The van der Waals surface area contributed by atoms with Gasteiger partial charge in [0, 0.05) is 5.41 Å². The Morgan fingerprint density at radius 1 is 1.23 bits per heavy atom. The summed E-state index contributed by atoms with van der Waals surface area (Å²) in [5.74, 6) is -1.41. The summed E-state index contributed by atoms with van der Waals surface area (Å²) in [6.07, 6.45) is -1.40. The number of aliphatic hydroxyl groups is 1. The van der Waals surface area contributed by atoms with Crippen LogP contribution in [-0.4, -0.2) is 44.0 Å². The molecule has 0 aromatic heterocycles. The van der Waals surface area contributed by atoms with Gasteiger partial charge in [0.1, 0.15) is 6.04 Å². The first-order valence-electron chi connectivity index (χ1n) is 7.61. The molecule has 1 aromatic rings. The zero-order valence-electron chi connectivity index (χ0n) is 14.7. The van der Waals surface area contributed by atoms with Gasteiger partial charge in [0.25, 0.3) is 0 Å². The molecule has 0 aliphatic heterocycles. The molecule has 0 amide bonds. The lowest BCUT2D eigenvalue weighted by molar-refractivity contribution is -0.153. The number of benzene rings is 1. The van der Waals surface area contributed by atoms with Gasteiger partial charge in [-0.15, -0.1) is 0 Å². The molecule has 26 heavy (non-hydrogen) atoms. The number of ether oxygens (including phenoxy) is 1. The van der Waals surface area contributed by atoms with E-state index in [1.54, 1.807) is 20.8 Å². The molecule has 1 rings (SSSR count). The SMILES string of the molecule is CC(O)C(NS(=O)(=O)c1ccc(Cl)c(Cl)c1)C(=O)OCC(=O)C(C)(C)C. The van der Waals surface area contributed by atoms with E-state index in [9.17, 15) is 23.1 Å². The molecule has 146 valence electrons. The molecule has 2 atom stereocenters. The molecule has 2 unspecified atom stereocenters. The number of esters is 1. The average Bonchev–Trinajstić information content (AvgIpc) is 2.51. The molecule has 10 heteroatoms. The number of carbonyl (C=O) groups excluding carboxylic acids is 2. The van der Waals surface area contributed by atoms with Gasteiger partial charge in [-0.05, 0) is 25.1 Å². The lowest BCUT2D eigenvalue weighted by atomic mass is 9.91. The van der Waals surface area contributed by atoms with Gasteiger partial charge in [-0.3, -0.25) is 9.59 Å². The maximum absolute atomic E-state index is 12.4. The van der Waals surface area contributed by atoms with Crippen molar-refractivity contribution in [2.24, 2.45) is 5.41 Å². The Labute approximate surface area is 162 Å². The Balaban J connectivity index is 2.94. The second kappa shape index (κ2) is 8.67. The molecule has 1 aromatic carbocycles. The molecule has 0 heterocycles. The fourth-order valence-corrected chi connectivity index (χ4v) is 3.31. The maximum atomic E-state index is 12.4. The average molecular weight is 426 g/mol. The highest BCUT2D eigenvalue weighted by molar-refractivity contribution is 7.89. The fraction of sp³-hybridized carbons (Fsp3) is 0.500. The first-order chi connectivity index (χ1) is 11.8. The number of ketones is 1. The molecule has 2 N–H and O–H groups in total. The number of nitrogens with one attached hydrogen (secondary N) is 1. The van der Waals surface area contributed by atoms with E-state index in [1.807, 2.05) is 0 Å². The van der Waals surface area contributed by atoms with E-state index in [-0.39, 0.29) is 20.7 Å². The topological polar surface area (TPSA) is 110 Å². The van der Waals surface area contributed by atoms with Crippen molar-refractivity contribution < 1.29 is 27.9 Å². The Morgan fingerprint density at radius 2 is 1.81 bits per heavy atom. The van der Waals surface area contributed by atoms with Gasteiger partial charge in [-0.2, -0.15) is 4.72 Å². The zero-order valence-corrected chi connectivity index (χ0v) is 17.1. The first kappa shape index (κ1) is 22.9. The van der Waals surface area contributed by atoms with Crippen molar-refractivity contribution in [1.82, 2.24) is 4.72 Å². The van der Waals surface area contributed by atoms with Crippen LogP contribution in [0.25, 0.3) is 0 Å². The molecule has 0 bridgehead atoms. The molecular weight excluding hydrogens is 405 g/mol. The monoisotopic (exact) mass is 425 g/mol. The minimum absolute atomic E-state index is 0.0153. The van der Waals surface area contributed by atoms with Crippen LogP contribution in [0.5, 0.6) is 0 Å². The van der Waals surface area contributed by atoms with Crippen LogP contribution in [0.1, 0.15) is 27.7 Å². The molecule has 0 spiro atoms. The van der Waals surface area contributed by atoms with E-state index in [1.165, 1.54) is 19.1 Å². The van der Waals surface area contributed by atoms with Crippen molar-refractivity contribution in [1.29, 1.82) is 0 Å². The third kappa shape index (κ3) is 6.21. The Bertz CT molecular complexity index is 786. The minimum atomic E-state index is -4.19. The quantitative estimate of drug-likeness (QED) is 0.647. The maximum Gasteiger partial charge on any atom is 0.327 e. The van der Waals surface area contributed by atoms with Crippen LogP contribution >= 0.6 is 23.2 Å². The van der Waals surface area contributed by atoms with E-state index in [2.05, 4.69) is 4.72 Å². The van der Waals surface area contributed by atoms with E-state index in [0.717, 1.165) is 6.07 Å². The predicted octanol–water partition coefficient (Wildman–Crippen LogP) is 2.18. The van der Waals surface area contributed by atoms with Crippen LogP contribution in [0.3, 0.4) is 0 Å². The van der Waals surface area contributed by atoms with Crippen molar-refractivity contribution in [3.63, 3.8) is 0 Å². The normalized spacial score (nSPS) is 14.6. The van der Waals surface area contributed by atoms with Gasteiger partial charge >= 0.3 is 5.97 Å². The Morgan fingerprint density at radius 3 is 2.27 bits per heavy atom. The standard InChI is InChI=1S/C16H21Cl2NO6S/c1-9(20)14(15(22)25-8-13(21)16(2,3)4)19-26(23,24)10-5-6-11(17)12(18)7-10/h5-7,9,14,19-20H,8H2,1-4H3. The smallest absolute Gasteiger partial charge is 0.327 e.